The molecule has 0 radical (unpaired) electrons. The summed E-state index contributed by atoms with van der Waals surface area (Å²) in [6, 6.07) is 23.2. The van der Waals surface area contributed by atoms with Crippen LogP contribution in [0.15, 0.2) is 97.6 Å². The minimum Gasteiger partial charge on any atom is -0.741 e. The molecule has 4 aromatic rings. The SMILES string of the molecule is O=S(=O)([O-])C(F)(F)F.O=S(=O)([O-])C(F)(F)F.[OH3+].[OH3+].[Ru+2].c1ccc(-c2ccccn2)nc1.c1ccc(-c2ccccn2)nc1. The van der Waals surface area contributed by atoms with Gasteiger partial charge in [0.1, 0.15) is 0 Å². The average molecular weight is 750 g/mol. The Kier molecular flexibility index (Phi) is 20.1. The smallest absolute Gasteiger partial charge is 0.741 e. The molecule has 0 aromatic carbocycles. The monoisotopic (exact) mass is 750 g/mol. The van der Waals surface area contributed by atoms with Gasteiger partial charge in [-0.3, -0.25) is 19.9 Å². The van der Waals surface area contributed by atoms with Gasteiger partial charge in [-0.25, -0.2) is 16.8 Å². The van der Waals surface area contributed by atoms with Crippen molar-refractivity contribution in [2.75, 3.05) is 0 Å². The minimum absolute atomic E-state index is 0. The predicted octanol–water partition coefficient (Wildman–Crippen LogP) is 2.54. The number of alkyl halides is 6. The van der Waals surface area contributed by atoms with E-state index in [-0.39, 0.29) is 30.4 Å². The molecule has 0 fully saturated rings. The Bertz CT molecular complexity index is 1320. The first-order chi connectivity index (χ1) is 18.4. The number of hydrogen-bond donors (Lipinski definition) is 0. The topological polar surface area (TPSA) is 232 Å². The third-order valence-corrected chi connectivity index (χ3v) is 4.89. The molecule has 238 valence electrons. The van der Waals surface area contributed by atoms with E-state index in [9.17, 15) is 26.3 Å². The van der Waals surface area contributed by atoms with Crippen LogP contribution in [0.2, 0.25) is 0 Å². The van der Waals surface area contributed by atoms with Crippen LogP contribution in [-0.2, 0) is 50.7 Å². The molecule has 0 saturated heterocycles. The molecule has 0 aliphatic rings. The van der Waals surface area contributed by atoms with E-state index in [1.165, 1.54) is 0 Å². The van der Waals surface area contributed by atoms with Crippen LogP contribution in [0.1, 0.15) is 0 Å². The van der Waals surface area contributed by atoms with E-state index in [4.69, 9.17) is 25.9 Å². The third-order valence-electron chi connectivity index (χ3n) is 3.75. The Labute approximate surface area is 253 Å². The van der Waals surface area contributed by atoms with Crippen molar-refractivity contribution >= 4 is 20.2 Å². The maximum absolute atomic E-state index is 10.7. The molecule has 0 aliphatic heterocycles. The Morgan fingerprint density at radius 3 is 0.721 bits per heavy atom. The zero-order valence-corrected chi connectivity index (χ0v) is 24.4. The summed E-state index contributed by atoms with van der Waals surface area (Å²) in [4.78, 5) is 16.7. The van der Waals surface area contributed by atoms with Crippen molar-refractivity contribution in [1.29, 1.82) is 0 Å². The van der Waals surface area contributed by atoms with Crippen molar-refractivity contribution < 1.29 is 82.7 Å². The van der Waals surface area contributed by atoms with Gasteiger partial charge >= 0.3 is 30.5 Å². The number of pyridine rings is 4. The van der Waals surface area contributed by atoms with Gasteiger partial charge in [-0.1, -0.05) is 24.3 Å². The fourth-order valence-electron chi connectivity index (χ4n) is 2.06. The van der Waals surface area contributed by atoms with Crippen LogP contribution in [0.25, 0.3) is 22.8 Å². The van der Waals surface area contributed by atoms with Crippen LogP contribution in [0.4, 0.5) is 26.3 Å². The first-order valence-electron chi connectivity index (χ1n) is 10.1. The summed E-state index contributed by atoms with van der Waals surface area (Å²) in [5.74, 6) is 0. The molecule has 0 aliphatic carbocycles. The van der Waals surface area contributed by atoms with Crippen molar-refractivity contribution in [2.24, 2.45) is 0 Å². The second-order valence-electron chi connectivity index (χ2n) is 6.66. The van der Waals surface area contributed by atoms with E-state index in [0.717, 1.165) is 22.8 Å². The molecule has 4 heterocycles. The van der Waals surface area contributed by atoms with Crippen LogP contribution < -0.4 is 0 Å². The van der Waals surface area contributed by atoms with Gasteiger partial charge in [0, 0.05) is 24.8 Å². The Balaban J connectivity index is -0.000000495. The standard InChI is InChI=1S/2C10H8N2.2CHF3O3S.2H2O.Ru/c2*1-3-7-11-9(5-1)10-6-2-4-8-12-10;2*2-1(3,4)8(5,6)7;;;/h2*1-8H;2*(H,5,6,7);2*1H2;/q;;;;;;+2. The summed E-state index contributed by atoms with van der Waals surface area (Å²) >= 11 is 0. The number of nitrogens with zero attached hydrogens (tertiary/aromatic N) is 4. The van der Waals surface area contributed by atoms with Crippen molar-refractivity contribution in [2.45, 2.75) is 11.0 Å². The molecule has 0 spiro atoms. The second kappa shape index (κ2) is 19.7. The first-order valence-corrected chi connectivity index (χ1v) is 12.9. The van der Waals surface area contributed by atoms with E-state index in [1.54, 1.807) is 24.8 Å². The molecule has 12 nitrogen and oxygen atoms in total. The van der Waals surface area contributed by atoms with Crippen LogP contribution in [0.3, 0.4) is 0 Å². The summed E-state index contributed by atoms with van der Waals surface area (Å²) in [7, 11) is -12.2. The van der Waals surface area contributed by atoms with E-state index >= 15 is 0 Å². The Morgan fingerprint density at radius 2 is 0.628 bits per heavy atom. The van der Waals surface area contributed by atoms with Crippen molar-refractivity contribution in [3.05, 3.63) is 97.6 Å². The summed E-state index contributed by atoms with van der Waals surface area (Å²) < 4.78 is 118. The molecular weight excluding hydrogens is 727 g/mol. The van der Waals surface area contributed by atoms with E-state index in [0.29, 0.717) is 0 Å². The van der Waals surface area contributed by atoms with Crippen molar-refractivity contribution in [1.82, 2.24) is 19.9 Å². The second-order valence-corrected chi connectivity index (χ2v) is 9.40. The summed E-state index contributed by atoms with van der Waals surface area (Å²) in [6.07, 6.45) is 7.07. The fraction of sp³-hybridized carbons (Fsp3) is 0.0909. The van der Waals surface area contributed by atoms with Crippen LogP contribution in [0, 0.1) is 0 Å². The fourth-order valence-corrected chi connectivity index (χ4v) is 2.06. The van der Waals surface area contributed by atoms with Crippen molar-refractivity contribution in [3.63, 3.8) is 0 Å². The molecule has 0 bridgehead atoms. The van der Waals surface area contributed by atoms with Gasteiger partial charge < -0.3 is 20.1 Å². The van der Waals surface area contributed by atoms with Gasteiger partial charge in [0.25, 0.3) is 0 Å². The molecule has 0 atom stereocenters. The van der Waals surface area contributed by atoms with Gasteiger partial charge in [-0.05, 0) is 48.5 Å². The quantitative estimate of drug-likeness (QED) is 0.0955. The van der Waals surface area contributed by atoms with Gasteiger partial charge in [-0.15, -0.1) is 0 Å². The molecule has 6 N–H and O–H groups in total. The summed E-state index contributed by atoms with van der Waals surface area (Å²) in [5.41, 5.74) is -7.63. The van der Waals surface area contributed by atoms with Gasteiger partial charge in [-0.2, -0.15) is 26.3 Å². The first kappa shape index (κ1) is 44.0. The zero-order chi connectivity index (χ0) is 30.5. The van der Waals surface area contributed by atoms with E-state index < -0.39 is 31.3 Å². The molecule has 0 saturated carbocycles. The summed E-state index contributed by atoms with van der Waals surface area (Å²) in [5, 5.41) is 0. The van der Waals surface area contributed by atoms with Crippen molar-refractivity contribution in [3.8, 4) is 22.8 Å². The summed E-state index contributed by atoms with van der Waals surface area (Å²) in [6.45, 7) is 0. The average Bonchev–Trinajstić information content (AvgIpc) is 2.90. The number of halogens is 6. The van der Waals surface area contributed by atoms with E-state index in [2.05, 4.69) is 19.9 Å². The van der Waals surface area contributed by atoms with Crippen LogP contribution in [0.5, 0.6) is 0 Å². The Morgan fingerprint density at radius 1 is 0.465 bits per heavy atom. The zero-order valence-electron chi connectivity index (χ0n) is 21.1. The van der Waals surface area contributed by atoms with Crippen LogP contribution >= 0.6 is 0 Å². The maximum Gasteiger partial charge on any atom is 2.00 e. The molecule has 21 heteroatoms. The number of aromatic nitrogens is 4. The van der Waals surface area contributed by atoms with E-state index in [1.807, 2.05) is 72.8 Å². The molecule has 0 amide bonds. The Hall–Kier alpha value is -3.46. The van der Waals surface area contributed by atoms with Gasteiger partial charge in [0.05, 0.1) is 22.8 Å². The molecule has 43 heavy (non-hydrogen) atoms. The van der Waals surface area contributed by atoms with Gasteiger partial charge in [0.2, 0.25) is 0 Å². The number of rotatable bonds is 2. The maximum atomic E-state index is 10.7. The molecule has 0 unspecified atom stereocenters. The molecule has 4 aromatic heterocycles. The predicted molar refractivity (Wildman–Crippen MR) is 136 cm³/mol. The largest absolute Gasteiger partial charge is 2.00 e. The number of hydrogen-bond acceptors (Lipinski definition) is 10. The van der Waals surface area contributed by atoms with Gasteiger partial charge in [0.15, 0.2) is 20.2 Å². The van der Waals surface area contributed by atoms with Crippen LogP contribution in [-0.4, -0.2) is 56.9 Å². The minimum atomic E-state index is -6.09. The third kappa shape index (κ3) is 17.3. The molecule has 4 rings (SSSR count). The molecular formula is C22H22F6N4O8RuS2+2. The normalized spacial score (nSPS) is 10.6.